The quantitative estimate of drug-likeness (QED) is 0.103. The van der Waals surface area contributed by atoms with Crippen molar-refractivity contribution in [3.63, 3.8) is 0 Å². The van der Waals surface area contributed by atoms with Gasteiger partial charge < -0.3 is 19.9 Å². The van der Waals surface area contributed by atoms with Crippen molar-refractivity contribution >= 4 is 92.7 Å². The topological polar surface area (TPSA) is 115 Å². The fourth-order valence-electron chi connectivity index (χ4n) is 15.8. The second-order valence-electron chi connectivity index (χ2n) is 27.5. The summed E-state index contributed by atoms with van der Waals surface area (Å²) in [5.41, 5.74) is 38.0. The minimum absolute atomic E-state index is 0.863. The highest BCUT2D eigenvalue weighted by Crippen LogP contribution is 2.43. The predicted octanol–water partition coefficient (Wildman–Crippen LogP) is 26.0. The van der Waals surface area contributed by atoms with E-state index >= 15 is 0 Å². The maximum absolute atomic E-state index is 5.56. The smallest absolute Gasteiger partial charge is 0.0737 e. The highest BCUT2D eigenvalue weighted by molar-refractivity contribution is 6.03. The third-order valence-corrected chi connectivity index (χ3v) is 21.0. The first kappa shape index (κ1) is 63.1. The number of benzene rings is 10. The molecule has 16 aromatic rings. The van der Waals surface area contributed by atoms with Gasteiger partial charge in [-0.2, -0.15) is 0 Å². The van der Waals surface area contributed by atoms with Gasteiger partial charge in [-0.15, -0.1) is 0 Å². The molecule has 4 N–H and O–H groups in total. The Morgan fingerprint density at radius 1 is 0.120 bits per heavy atom. The van der Waals surface area contributed by atoms with E-state index in [2.05, 4.69) is 396 Å². The zero-order valence-electron chi connectivity index (χ0n) is 58.6. The summed E-state index contributed by atoms with van der Waals surface area (Å²) in [6.45, 7) is 0. The standard InChI is InChI=1S/C100H66N8/c1-7-19-69(20-8-1)93-77-47-51-81(101-77)95(71-23-11-3-12-24-71)85-55-59-89(105-85)99(90-60-56-86(106-90)96(72-25-13-4-14-26-72)82-52-48-78(93)102-82)75-43-39-67(40-44-75)65-35-31-63(32-36-65)64-33-37-66(38-34-64)68-41-45-76(46-42-68)100-91-61-57-87(107-91)97(73-27-15-5-16-28-73)83-53-49-79(103-83)94(70-21-9-2-10-22-70)80-50-54-84(104-80)98(74-29-17-6-18-30-74)88-58-62-92(100)108-88/h1-62,101,103,106,108H. The molecule has 0 fully saturated rings. The van der Waals surface area contributed by atoms with Gasteiger partial charge >= 0.3 is 0 Å². The lowest BCUT2D eigenvalue weighted by molar-refractivity contribution is 1.31. The molecule has 4 aliphatic heterocycles. The third-order valence-electron chi connectivity index (χ3n) is 21.0. The van der Waals surface area contributed by atoms with Gasteiger partial charge in [-0.05, 0) is 175 Å². The molecule has 0 amide bonds. The highest BCUT2D eigenvalue weighted by Gasteiger charge is 2.23. The Balaban J connectivity index is 0.639. The number of nitrogens with one attached hydrogen (secondary N) is 4. The van der Waals surface area contributed by atoms with Crippen LogP contribution < -0.4 is 0 Å². The van der Waals surface area contributed by atoms with Crippen molar-refractivity contribution in [2.24, 2.45) is 0 Å². The average molecular weight is 1380 g/mol. The van der Waals surface area contributed by atoms with Gasteiger partial charge in [-0.3, -0.25) is 0 Å². The molecule has 108 heavy (non-hydrogen) atoms. The fraction of sp³-hybridized carbons (Fsp3) is 0. The van der Waals surface area contributed by atoms with E-state index in [1.165, 1.54) is 0 Å². The molecule has 6 aromatic heterocycles. The summed E-state index contributed by atoms with van der Waals surface area (Å²) in [5.74, 6) is 0. The summed E-state index contributed by atoms with van der Waals surface area (Å²) >= 11 is 0. The van der Waals surface area contributed by atoms with Crippen molar-refractivity contribution in [2.45, 2.75) is 0 Å². The summed E-state index contributed by atoms with van der Waals surface area (Å²) in [4.78, 5) is 37.7. The molecular formula is C100H66N8. The Bertz CT molecular complexity index is 6200. The van der Waals surface area contributed by atoms with Gasteiger partial charge in [0.25, 0.3) is 0 Å². The number of aromatic amines is 4. The van der Waals surface area contributed by atoms with Crippen molar-refractivity contribution in [1.29, 1.82) is 0 Å². The maximum Gasteiger partial charge on any atom is 0.0737 e. The van der Waals surface area contributed by atoms with Gasteiger partial charge in [-0.25, -0.2) is 19.9 Å². The van der Waals surface area contributed by atoms with E-state index < -0.39 is 0 Å². The summed E-state index contributed by atoms with van der Waals surface area (Å²) in [6, 6.07) is 116. The number of nitrogens with zero attached hydrogens (tertiary/aromatic N) is 4. The molecule has 0 atom stereocenters. The first-order valence-corrected chi connectivity index (χ1v) is 36.6. The lowest BCUT2D eigenvalue weighted by atomic mass is 9.96. The van der Waals surface area contributed by atoms with Crippen LogP contribution in [0.25, 0.3) is 215 Å². The van der Waals surface area contributed by atoms with E-state index in [-0.39, 0.29) is 0 Å². The first-order chi connectivity index (χ1) is 53.5. The molecule has 20 rings (SSSR count). The van der Waals surface area contributed by atoms with Crippen molar-refractivity contribution in [2.75, 3.05) is 0 Å². The molecule has 0 aliphatic carbocycles. The van der Waals surface area contributed by atoms with Crippen LogP contribution in [0, 0.1) is 0 Å². The van der Waals surface area contributed by atoms with Crippen LogP contribution in [0.15, 0.2) is 328 Å². The minimum Gasteiger partial charge on any atom is -0.354 e. The highest BCUT2D eigenvalue weighted by atomic mass is 14.8. The Hall–Kier alpha value is -14.6. The summed E-state index contributed by atoms with van der Waals surface area (Å²) in [5, 5.41) is 0. The number of rotatable bonds is 11. The SMILES string of the molecule is C1=Cc2nc1c(-c1ccccc1)c1ccc([nH]1)c(-c1ccccc1)c1nc(c(-c3ccc(-c4ccc(-c5ccc(-c6ccc(-c7c8nc(c(-c9ccccc9)c9ccc([nH]9)c(-c9ccccc9)c9nc(c(-c%10ccccc%10)c%10ccc7[nH]%10)C=C9)C=C8)cc6)cc5)cc4)cc3)c3ccc([nH]3)c2-c2ccccc2)C=C1. The number of fused-ring (bicyclic) bond motifs is 16. The van der Waals surface area contributed by atoms with E-state index in [1.807, 2.05) is 0 Å². The van der Waals surface area contributed by atoms with Gasteiger partial charge in [0.1, 0.15) is 0 Å². The molecule has 0 saturated carbocycles. The van der Waals surface area contributed by atoms with Crippen LogP contribution in [-0.4, -0.2) is 39.9 Å². The number of aromatic nitrogens is 8. The Morgan fingerprint density at radius 2 is 0.241 bits per heavy atom. The zero-order chi connectivity index (χ0) is 71.4. The van der Waals surface area contributed by atoms with Crippen LogP contribution in [0.2, 0.25) is 0 Å². The normalized spacial score (nSPS) is 12.1. The van der Waals surface area contributed by atoms with Gasteiger partial charge in [-0.1, -0.05) is 279 Å². The number of hydrogen-bond donors (Lipinski definition) is 4. The summed E-state index contributed by atoms with van der Waals surface area (Å²) in [6.07, 6.45) is 17.2. The molecule has 4 aliphatic rings. The molecule has 0 unspecified atom stereocenters. The summed E-state index contributed by atoms with van der Waals surface area (Å²) < 4.78 is 0. The van der Waals surface area contributed by atoms with Crippen LogP contribution >= 0.6 is 0 Å². The molecule has 0 radical (unpaired) electrons. The van der Waals surface area contributed by atoms with Crippen molar-refractivity contribution in [3.8, 4) is 122 Å². The van der Waals surface area contributed by atoms with Crippen LogP contribution in [-0.2, 0) is 0 Å². The number of H-pyrrole nitrogens is 4. The van der Waals surface area contributed by atoms with Crippen molar-refractivity contribution in [1.82, 2.24) is 39.9 Å². The second kappa shape index (κ2) is 26.9. The zero-order valence-corrected chi connectivity index (χ0v) is 58.6. The van der Waals surface area contributed by atoms with Crippen LogP contribution in [0.1, 0.15) is 45.6 Å². The molecule has 10 heterocycles. The lowest BCUT2D eigenvalue weighted by Crippen LogP contribution is -1.90. The molecule has 0 spiro atoms. The molecule has 0 saturated heterocycles. The van der Waals surface area contributed by atoms with Crippen LogP contribution in [0.5, 0.6) is 0 Å². The summed E-state index contributed by atoms with van der Waals surface area (Å²) in [7, 11) is 0. The average Bonchev–Trinajstić information content (AvgIpc) is 1.55. The largest absolute Gasteiger partial charge is 0.354 e. The fourth-order valence-corrected chi connectivity index (χ4v) is 15.8. The monoisotopic (exact) mass is 1380 g/mol. The van der Waals surface area contributed by atoms with E-state index in [4.69, 9.17) is 19.9 Å². The van der Waals surface area contributed by atoms with Crippen molar-refractivity contribution in [3.05, 3.63) is 373 Å². The van der Waals surface area contributed by atoms with Gasteiger partial charge in [0.05, 0.1) is 45.6 Å². The van der Waals surface area contributed by atoms with E-state index in [0.29, 0.717) is 0 Å². The van der Waals surface area contributed by atoms with Crippen molar-refractivity contribution < 1.29 is 0 Å². The molecule has 506 valence electrons. The minimum atomic E-state index is 0.863. The Labute approximate surface area is 624 Å². The molecule has 16 bridgehead atoms. The van der Waals surface area contributed by atoms with E-state index in [1.54, 1.807) is 0 Å². The van der Waals surface area contributed by atoms with Gasteiger partial charge in [0.2, 0.25) is 0 Å². The van der Waals surface area contributed by atoms with Gasteiger partial charge in [0.15, 0.2) is 0 Å². The predicted molar refractivity (Wildman–Crippen MR) is 451 cm³/mol. The number of hydrogen-bond acceptors (Lipinski definition) is 4. The second-order valence-corrected chi connectivity index (χ2v) is 27.5. The molecule has 8 nitrogen and oxygen atoms in total. The lowest BCUT2D eigenvalue weighted by Gasteiger charge is -2.10. The van der Waals surface area contributed by atoms with Gasteiger partial charge in [0, 0.05) is 88.6 Å². The van der Waals surface area contributed by atoms with Crippen LogP contribution in [0.4, 0.5) is 0 Å². The molecule has 8 heteroatoms. The Morgan fingerprint density at radius 3 is 0.380 bits per heavy atom. The maximum atomic E-state index is 5.56. The molecular weight excluding hydrogens is 1310 g/mol. The third kappa shape index (κ3) is 11.6. The Kier molecular flexibility index (Phi) is 15.7. The van der Waals surface area contributed by atoms with E-state index in [9.17, 15) is 0 Å². The first-order valence-electron chi connectivity index (χ1n) is 36.6. The molecule has 10 aromatic carbocycles. The van der Waals surface area contributed by atoms with Crippen LogP contribution in [0.3, 0.4) is 0 Å². The van der Waals surface area contributed by atoms with E-state index in [0.717, 1.165) is 212 Å².